The number of ether oxygens (including phenoxy) is 1. The third-order valence-corrected chi connectivity index (χ3v) is 3.17. The molecule has 0 aliphatic carbocycles. The first-order valence-electron chi connectivity index (χ1n) is 6.82. The molecule has 0 atom stereocenters. The van der Waals surface area contributed by atoms with E-state index < -0.39 is 12.6 Å². The number of carboxylic acids is 1. The molecule has 0 saturated heterocycles. The fraction of sp³-hybridized carbons (Fsp3) is 0.467. The van der Waals surface area contributed by atoms with Crippen LogP contribution in [-0.4, -0.2) is 30.3 Å². The molecule has 0 radical (unpaired) electrons. The lowest BCUT2D eigenvalue weighted by molar-refractivity contribution is -0.139. The first-order chi connectivity index (χ1) is 9.84. The first-order valence-corrected chi connectivity index (χ1v) is 6.82. The molecule has 21 heavy (non-hydrogen) atoms. The fourth-order valence-electron chi connectivity index (χ4n) is 1.45. The van der Waals surface area contributed by atoms with Crippen molar-refractivity contribution in [2.24, 2.45) is 5.41 Å². The maximum atomic E-state index is 11.9. The van der Waals surface area contributed by atoms with Gasteiger partial charge in [-0.3, -0.25) is 0 Å². The van der Waals surface area contributed by atoms with Gasteiger partial charge in [0.15, 0.2) is 6.61 Å². The number of urea groups is 1. The van der Waals surface area contributed by atoms with Crippen LogP contribution in [0, 0.1) is 5.41 Å². The lowest BCUT2D eigenvalue weighted by Crippen LogP contribution is -2.36. The van der Waals surface area contributed by atoms with E-state index in [1.165, 1.54) is 0 Å². The normalized spacial score (nSPS) is 10.8. The first kappa shape index (κ1) is 16.8. The van der Waals surface area contributed by atoms with E-state index in [0.717, 1.165) is 6.42 Å². The van der Waals surface area contributed by atoms with Gasteiger partial charge in [0, 0.05) is 6.54 Å². The summed E-state index contributed by atoms with van der Waals surface area (Å²) < 4.78 is 5.12. The molecule has 1 aromatic carbocycles. The van der Waals surface area contributed by atoms with Crippen molar-refractivity contribution >= 4 is 17.7 Å². The van der Waals surface area contributed by atoms with E-state index >= 15 is 0 Å². The van der Waals surface area contributed by atoms with Crippen LogP contribution in [0.3, 0.4) is 0 Å². The molecule has 3 N–H and O–H groups in total. The van der Waals surface area contributed by atoms with E-state index in [9.17, 15) is 9.59 Å². The Bertz CT molecular complexity index is 500. The molecule has 2 amide bonds. The second-order valence-corrected chi connectivity index (χ2v) is 5.50. The number of benzene rings is 1. The zero-order chi connectivity index (χ0) is 15.9. The second-order valence-electron chi connectivity index (χ2n) is 5.50. The van der Waals surface area contributed by atoms with E-state index in [4.69, 9.17) is 9.84 Å². The van der Waals surface area contributed by atoms with Crippen molar-refractivity contribution in [3.63, 3.8) is 0 Å². The number of carbonyl (C=O) groups excluding carboxylic acids is 1. The van der Waals surface area contributed by atoms with Gasteiger partial charge in [0.2, 0.25) is 0 Å². The van der Waals surface area contributed by atoms with Crippen molar-refractivity contribution in [3.05, 3.63) is 24.3 Å². The Balaban J connectivity index is 2.61. The lowest BCUT2D eigenvalue weighted by atomic mass is 9.90. The summed E-state index contributed by atoms with van der Waals surface area (Å²) in [6.45, 7) is 6.29. The zero-order valence-corrected chi connectivity index (χ0v) is 12.6. The van der Waals surface area contributed by atoms with Gasteiger partial charge in [0.25, 0.3) is 0 Å². The van der Waals surface area contributed by atoms with Crippen molar-refractivity contribution < 1.29 is 19.4 Å². The van der Waals surface area contributed by atoms with Crippen LogP contribution in [0.15, 0.2) is 24.3 Å². The topological polar surface area (TPSA) is 87.7 Å². The van der Waals surface area contributed by atoms with Crippen molar-refractivity contribution in [2.45, 2.75) is 27.2 Å². The molecule has 1 rings (SSSR count). The number of anilines is 1. The Morgan fingerprint density at radius 3 is 2.57 bits per heavy atom. The Kier molecular flexibility index (Phi) is 6.02. The summed E-state index contributed by atoms with van der Waals surface area (Å²) in [5.74, 6) is -0.747. The minimum Gasteiger partial charge on any atom is -0.480 e. The number of aliphatic carboxylic acids is 1. The van der Waals surface area contributed by atoms with Crippen LogP contribution in [0.5, 0.6) is 5.75 Å². The Hall–Kier alpha value is -2.24. The maximum Gasteiger partial charge on any atom is 0.341 e. The summed E-state index contributed by atoms with van der Waals surface area (Å²) in [5, 5.41) is 14.1. The largest absolute Gasteiger partial charge is 0.480 e. The SMILES string of the molecule is CCC(C)(C)CNC(=O)Nc1ccccc1OCC(=O)O. The predicted molar refractivity (Wildman–Crippen MR) is 80.7 cm³/mol. The maximum absolute atomic E-state index is 11.9. The third kappa shape index (κ3) is 6.16. The Morgan fingerprint density at radius 2 is 1.95 bits per heavy atom. The summed E-state index contributed by atoms with van der Waals surface area (Å²) in [7, 11) is 0. The molecule has 0 aliphatic heterocycles. The Morgan fingerprint density at radius 1 is 1.29 bits per heavy atom. The van der Waals surface area contributed by atoms with Crippen LogP contribution < -0.4 is 15.4 Å². The van der Waals surface area contributed by atoms with Crippen LogP contribution in [0.4, 0.5) is 10.5 Å². The Labute approximate surface area is 124 Å². The van der Waals surface area contributed by atoms with Crippen molar-refractivity contribution in [3.8, 4) is 5.75 Å². The monoisotopic (exact) mass is 294 g/mol. The lowest BCUT2D eigenvalue weighted by Gasteiger charge is -2.23. The van der Waals surface area contributed by atoms with Crippen LogP contribution in [0.1, 0.15) is 27.2 Å². The highest BCUT2D eigenvalue weighted by Gasteiger charge is 2.16. The number of hydrogen-bond acceptors (Lipinski definition) is 3. The molecule has 6 heteroatoms. The molecule has 116 valence electrons. The molecular weight excluding hydrogens is 272 g/mol. The number of hydrogen-bond donors (Lipinski definition) is 3. The molecule has 0 aromatic heterocycles. The van der Waals surface area contributed by atoms with E-state index in [0.29, 0.717) is 18.0 Å². The number of amides is 2. The molecular formula is C15H22N2O4. The van der Waals surface area contributed by atoms with Gasteiger partial charge in [-0.25, -0.2) is 9.59 Å². The van der Waals surface area contributed by atoms with Crippen molar-refractivity contribution in [2.75, 3.05) is 18.5 Å². The number of carbonyl (C=O) groups is 2. The highest BCUT2D eigenvalue weighted by Crippen LogP contribution is 2.23. The highest BCUT2D eigenvalue weighted by molar-refractivity contribution is 5.91. The third-order valence-electron chi connectivity index (χ3n) is 3.17. The van der Waals surface area contributed by atoms with Gasteiger partial charge in [0.1, 0.15) is 5.75 Å². The molecule has 0 heterocycles. The van der Waals surface area contributed by atoms with E-state index in [-0.39, 0.29) is 11.4 Å². The quantitative estimate of drug-likeness (QED) is 0.721. The van der Waals surface area contributed by atoms with Gasteiger partial charge in [-0.05, 0) is 24.0 Å². The summed E-state index contributed by atoms with van der Waals surface area (Å²) in [6, 6.07) is 6.36. The average molecular weight is 294 g/mol. The molecule has 0 bridgehead atoms. The van der Waals surface area contributed by atoms with Gasteiger partial charge in [-0.15, -0.1) is 0 Å². The summed E-state index contributed by atoms with van der Waals surface area (Å²) in [4.78, 5) is 22.4. The molecule has 0 spiro atoms. The van der Waals surface area contributed by atoms with Crippen molar-refractivity contribution in [1.82, 2.24) is 5.32 Å². The molecule has 1 aromatic rings. The summed E-state index contributed by atoms with van der Waals surface area (Å²) in [5.41, 5.74) is 0.460. The standard InChI is InChI=1S/C15H22N2O4/c1-4-15(2,3)10-16-14(20)17-11-7-5-6-8-12(11)21-9-13(18)19/h5-8H,4,9-10H2,1-3H3,(H,18,19)(H2,16,17,20). The van der Waals surface area contributed by atoms with Crippen LogP contribution in [0.25, 0.3) is 0 Å². The van der Waals surface area contributed by atoms with Gasteiger partial charge >= 0.3 is 12.0 Å². The van der Waals surface area contributed by atoms with E-state index in [1.54, 1.807) is 24.3 Å². The number of rotatable bonds is 7. The zero-order valence-electron chi connectivity index (χ0n) is 12.6. The van der Waals surface area contributed by atoms with Crippen LogP contribution in [-0.2, 0) is 4.79 Å². The number of nitrogens with one attached hydrogen (secondary N) is 2. The smallest absolute Gasteiger partial charge is 0.341 e. The number of carboxylic acid groups (broad SMARTS) is 1. The van der Waals surface area contributed by atoms with Gasteiger partial charge in [-0.1, -0.05) is 32.9 Å². The molecule has 0 aliphatic rings. The molecule has 0 unspecified atom stereocenters. The molecule has 0 saturated carbocycles. The molecule has 0 fully saturated rings. The minimum atomic E-state index is -1.07. The van der Waals surface area contributed by atoms with E-state index in [2.05, 4.69) is 31.4 Å². The van der Waals surface area contributed by atoms with Gasteiger partial charge < -0.3 is 20.5 Å². The summed E-state index contributed by atoms with van der Waals surface area (Å²) >= 11 is 0. The fourth-order valence-corrected chi connectivity index (χ4v) is 1.45. The molecule has 6 nitrogen and oxygen atoms in total. The minimum absolute atomic E-state index is 0.0245. The number of para-hydroxylation sites is 2. The van der Waals surface area contributed by atoms with Crippen LogP contribution in [0.2, 0.25) is 0 Å². The van der Waals surface area contributed by atoms with Crippen molar-refractivity contribution in [1.29, 1.82) is 0 Å². The van der Waals surface area contributed by atoms with E-state index in [1.807, 2.05) is 0 Å². The summed E-state index contributed by atoms with van der Waals surface area (Å²) in [6.07, 6.45) is 0.950. The van der Waals surface area contributed by atoms with Crippen LogP contribution >= 0.6 is 0 Å². The van der Waals surface area contributed by atoms with Gasteiger partial charge in [0.05, 0.1) is 5.69 Å². The predicted octanol–water partition coefficient (Wildman–Crippen LogP) is 2.71. The second kappa shape index (κ2) is 7.52. The average Bonchev–Trinajstić information content (AvgIpc) is 2.44. The highest BCUT2D eigenvalue weighted by atomic mass is 16.5. The van der Waals surface area contributed by atoms with Gasteiger partial charge in [-0.2, -0.15) is 0 Å².